The van der Waals surface area contributed by atoms with Crippen LogP contribution in [0.25, 0.3) is 0 Å². The highest BCUT2D eigenvalue weighted by molar-refractivity contribution is 7.91. The van der Waals surface area contributed by atoms with Crippen LogP contribution in [0.2, 0.25) is 0 Å². The number of hydrogen-bond donors (Lipinski definition) is 1. The lowest BCUT2D eigenvalue weighted by molar-refractivity contribution is -0.113. The van der Waals surface area contributed by atoms with Crippen LogP contribution in [-0.2, 0) is 26.9 Å². The normalized spacial score (nSPS) is 11.0. The predicted molar refractivity (Wildman–Crippen MR) is 103 cm³/mol. The summed E-state index contributed by atoms with van der Waals surface area (Å²) in [5, 5.41) is 15.5. The predicted octanol–water partition coefficient (Wildman–Crippen LogP) is 1.75. The zero-order chi connectivity index (χ0) is 20.0. The fourth-order valence-electron chi connectivity index (χ4n) is 2.53. The Labute approximate surface area is 162 Å². The molecule has 0 bridgehead atoms. The molecule has 3 aromatic rings. The molecule has 0 atom stereocenters. The van der Waals surface area contributed by atoms with Crippen molar-refractivity contribution in [2.75, 3.05) is 11.1 Å². The number of nitriles is 1. The van der Waals surface area contributed by atoms with E-state index in [9.17, 15) is 13.2 Å². The molecule has 0 aliphatic carbocycles. The smallest absolute Gasteiger partial charge is 0.240 e. The van der Waals surface area contributed by atoms with Gasteiger partial charge in [-0.1, -0.05) is 18.2 Å². The van der Waals surface area contributed by atoms with Crippen LogP contribution in [0.1, 0.15) is 16.8 Å². The lowest BCUT2D eigenvalue weighted by Crippen LogP contribution is -2.24. The first-order valence-electron chi connectivity index (χ1n) is 8.36. The molecule has 0 saturated heterocycles. The highest BCUT2D eigenvalue weighted by Gasteiger charge is 2.18. The molecule has 0 unspecified atom stereocenters. The molecule has 142 valence electrons. The molecule has 8 nitrogen and oxygen atoms in total. The number of sulfone groups is 1. The van der Waals surface area contributed by atoms with Crippen LogP contribution in [0.4, 0.5) is 5.82 Å². The maximum atomic E-state index is 12.2. The van der Waals surface area contributed by atoms with Gasteiger partial charge in [0.05, 0.1) is 29.6 Å². The molecule has 1 N–H and O–H groups in total. The number of carbonyl (C=O) groups excluding carboxylic acids is 1. The van der Waals surface area contributed by atoms with E-state index in [-0.39, 0.29) is 11.6 Å². The number of rotatable bonds is 7. The summed E-state index contributed by atoms with van der Waals surface area (Å²) in [5.41, 5.74) is 1.78. The van der Waals surface area contributed by atoms with Gasteiger partial charge in [-0.25, -0.2) is 8.42 Å². The summed E-state index contributed by atoms with van der Waals surface area (Å²) in [6.07, 6.45) is 3.36. The highest BCUT2D eigenvalue weighted by atomic mass is 32.2. The van der Waals surface area contributed by atoms with Crippen LogP contribution in [0, 0.1) is 11.3 Å². The van der Waals surface area contributed by atoms with Crippen LogP contribution in [0.15, 0.2) is 60.9 Å². The van der Waals surface area contributed by atoms with E-state index in [2.05, 4.69) is 15.4 Å². The molecule has 1 aromatic carbocycles. The molecule has 1 amide bonds. The van der Waals surface area contributed by atoms with Gasteiger partial charge in [-0.15, -0.1) is 0 Å². The van der Waals surface area contributed by atoms with Gasteiger partial charge in [-0.3, -0.25) is 14.5 Å². The Morgan fingerprint density at radius 1 is 1.14 bits per heavy atom. The van der Waals surface area contributed by atoms with Gasteiger partial charge >= 0.3 is 0 Å². The van der Waals surface area contributed by atoms with Gasteiger partial charge in [0, 0.05) is 18.5 Å². The number of nitrogens with zero attached hydrogens (tertiary/aromatic N) is 4. The molecule has 0 radical (unpaired) electrons. The van der Waals surface area contributed by atoms with E-state index in [1.807, 2.05) is 24.3 Å². The lowest BCUT2D eigenvalue weighted by atomic mass is 10.2. The van der Waals surface area contributed by atoms with Crippen molar-refractivity contribution in [3.63, 3.8) is 0 Å². The minimum absolute atomic E-state index is 0.273. The Morgan fingerprint density at radius 3 is 2.61 bits per heavy atom. The van der Waals surface area contributed by atoms with Gasteiger partial charge in [0.15, 0.2) is 15.7 Å². The fourth-order valence-corrected chi connectivity index (χ4v) is 3.81. The van der Waals surface area contributed by atoms with E-state index in [1.54, 1.807) is 47.4 Å². The van der Waals surface area contributed by atoms with Gasteiger partial charge in [0.2, 0.25) is 5.91 Å². The van der Waals surface area contributed by atoms with Crippen molar-refractivity contribution in [3.8, 4) is 6.07 Å². The summed E-state index contributed by atoms with van der Waals surface area (Å²) in [6, 6.07) is 15.3. The van der Waals surface area contributed by atoms with Crippen LogP contribution in [-0.4, -0.2) is 34.8 Å². The Balaban J connectivity index is 1.56. The zero-order valence-corrected chi connectivity index (χ0v) is 15.6. The third-order valence-electron chi connectivity index (χ3n) is 3.78. The molecule has 0 fully saturated rings. The second-order valence-corrected chi connectivity index (χ2v) is 8.17. The monoisotopic (exact) mass is 395 g/mol. The molecule has 0 aliphatic rings. The van der Waals surface area contributed by atoms with Gasteiger partial charge in [0.1, 0.15) is 5.75 Å². The van der Waals surface area contributed by atoms with Crippen LogP contribution in [0.5, 0.6) is 0 Å². The summed E-state index contributed by atoms with van der Waals surface area (Å²) in [6.45, 7) is 0.438. The minimum atomic E-state index is -3.65. The quantitative estimate of drug-likeness (QED) is 0.651. The van der Waals surface area contributed by atoms with Crippen molar-refractivity contribution in [1.82, 2.24) is 14.8 Å². The van der Waals surface area contributed by atoms with Gasteiger partial charge in [-0.2, -0.15) is 10.4 Å². The second kappa shape index (κ2) is 8.45. The van der Waals surface area contributed by atoms with Crippen molar-refractivity contribution in [2.45, 2.75) is 12.3 Å². The molecule has 0 aliphatic heterocycles. The van der Waals surface area contributed by atoms with Crippen molar-refractivity contribution >= 4 is 21.6 Å². The number of benzene rings is 1. The molecular formula is C19H17N5O3S. The number of hydrogen-bond acceptors (Lipinski definition) is 6. The van der Waals surface area contributed by atoms with E-state index in [4.69, 9.17) is 5.26 Å². The van der Waals surface area contributed by atoms with Crippen molar-refractivity contribution in [1.29, 1.82) is 5.26 Å². The SMILES string of the molecule is N#Cc1ccc(CS(=O)(=O)CC(=O)Nc2ccn(Cc3ccccn3)n2)cc1. The molecule has 9 heteroatoms. The molecule has 2 aromatic heterocycles. The number of amides is 1. The first kappa shape index (κ1) is 19.3. The van der Waals surface area contributed by atoms with E-state index in [0.717, 1.165) is 5.69 Å². The van der Waals surface area contributed by atoms with Crippen LogP contribution in [0.3, 0.4) is 0 Å². The fraction of sp³-hybridized carbons (Fsp3) is 0.158. The van der Waals surface area contributed by atoms with Crippen molar-refractivity contribution < 1.29 is 13.2 Å². The number of nitrogens with one attached hydrogen (secondary N) is 1. The first-order valence-corrected chi connectivity index (χ1v) is 10.2. The number of aromatic nitrogens is 3. The maximum absolute atomic E-state index is 12.2. The Morgan fingerprint density at radius 2 is 1.93 bits per heavy atom. The summed E-state index contributed by atoms with van der Waals surface area (Å²) in [4.78, 5) is 16.3. The number of pyridine rings is 1. The third-order valence-corrected chi connectivity index (χ3v) is 5.25. The topological polar surface area (TPSA) is 118 Å². The summed E-state index contributed by atoms with van der Waals surface area (Å²) in [7, 11) is -3.65. The maximum Gasteiger partial charge on any atom is 0.240 e. The Hall–Kier alpha value is -3.51. The van der Waals surface area contributed by atoms with Crippen LogP contribution < -0.4 is 5.32 Å². The summed E-state index contributed by atoms with van der Waals surface area (Å²) < 4.78 is 26.1. The largest absolute Gasteiger partial charge is 0.308 e. The van der Waals surface area contributed by atoms with Crippen molar-refractivity contribution in [3.05, 3.63) is 77.7 Å². The van der Waals surface area contributed by atoms with E-state index in [0.29, 0.717) is 17.7 Å². The minimum Gasteiger partial charge on any atom is -0.308 e. The van der Waals surface area contributed by atoms with Gasteiger partial charge in [-0.05, 0) is 29.8 Å². The second-order valence-electron chi connectivity index (χ2n) is 6.11. The van der Waals surface area contributed by atoms with E-state index in [1.165, 1.54) is 0 Å². The molecule has 3 rings (SSSR count). The average Bonchev–Trinajstić information content (AvgIpc) is 3.09. The standard InChI is InChI=1S/C19H17N5O3S/c20-11-15-4-6-16(7-5-15)13-28(26,27)14-19(25)22-18-8-10-24(23-18)12-17-3-1-2-9-21-17/h1-10H,12-14H2,(H,22,23,25). The molecular weight excluding hydrogens is 378 g/mol. The van der Waals surface area contributed by atoms with Crippen LogP contribution >= 0.6 is 0 Å². The molecule has 0 spiro atoms. The third kappa shape index (κ3) is 5.49. The Bertz CT molecular complexity index is 1100. The molecule has 28 heavy (non-hydrogen) atoms. The lowest BCUT2D eigenvalue weighted by Gasteiger charge is -2.05. The number of carbonyl (C=O) groups is 1. The van der Waals surface area contributed by atoms with Gasteiger partial charge < -0.3 is 5.32 Å². The average molecular weight is 395 g/mol. The molecule has 2 heterocycles. The van der Waals surface area contributed by atoms with Gasteiger partial charge in [0.25, 0.3) is 0 Å². The summed E-state index contributed by atoms with van der Waals surface area (Å²) in [5.74, 6) is -1.31. The first-order chi connectivity index (χ1) is 13.4. The zero-order valence-electron chi connectivity index (χ0n) is 14.8. The highest BCUT2D eigenvalue weighted by Crippen LogP contribution is 2.10. The van der Waals surface area contributed by atoms with Crippen molar-refractivity contribution in [2.24, 2.45) is 0 Å². The van der Waals surface area contributed by atoms with E-state index < -0.39 is 21.5 Å². The Kier molecular flexibility index (Phi) is 5.81. The van der Waals surface area contributed by atoms with E-state index >= 15 is 0 Å². The summed E-state index contributed by atoms with van der Waals surface area (Å²) >= 11 is 0. The molecule has 0 saturated carbocycles. The number of anilines is 1.